The molecule has 1 saturated carbocycles. The Morgan fingerprint density at radius 1 is 1.29 bits per heavy atom. The van der Waals surface area contributed by atoms with Crippen LogP contribution in [0.4, 0.5) is 4.79 Å². The molecule has 0 bridgehead atoms. The van der Waals surface area contributed by atoms with Crippen molar-refractivity contribution >= 4 is 6.09 Å². The molecule has 21 heavy (non-hydrogen) atoms. The molecule has 1 atom stereocenters. The Bertz CT molecular complexity index is 335. The molecule has 2 rings (SSSR count). The number of morpholine rings is 1. The second-order valence-electron chi connectivity index (χ2n) is 7.21. The van der Waals surface area contributed by atoms with E-state index < -0.39 is 5.60 Å². The third kappa shape index (κ3) is 5.47. The number of hydrogen-bond donors (Lipinski definition) is 1. The fraction of sp³-hybridized carbons (Fsp3) is 0.938. The van der Waals surface area contributed by atoms with Gasteiger partial charge in [-0.15, -0.1) is 0 Å². The van der Waals surface area contributed by atoms with Crippen LogP contribution in [0.3, 0.4) is 0 Å². The molecule has 1 aliphatic heterocycles. The average molecular weight is 298 g/mol. The minimum absolute atomic E-state index is 0.0787. The van der Waals surface area contributed by atoms with Gasteiger partial charge in [-0.3, -0.25) is 4.90 Å². The fourth-order valence-corrected chi connectivity index (χ4v) is 3.05. The van der Waals surface area contributed by atoms with Crippen molar-refractivity contribution in [1.82, 2.24) is 10.2 Å². The van der Waals surface area contributed by atoms with Crippen LogP contribution < -0.4 is 5.32 Å². The molecule has 5 heteroatoms. The summed E-state index contributed by atoms with van der Waals surface area (Å²) in [6.07, 6.45) is 5.18. The molecular formula is C16H30N2O3. The van der Waals surface area contributed by atoms with Crippen molar-refractivity contribution in [2.75, 3.05) is 32.8 Å². The Kier molecular flexibility index (Phi) is 5.88. The Balaban J connectivity index is 1.79. The van der Waals surface area contributed by atoms with E-state index in [1.165, 1.54) is 25.7 Å². The van der Waals surface area contributed by atoms with Gasteiger partial charge in [0, 0.05) is 13.1 Å². The van der Waals surface area contributed by atoms with Gasteiger partial charge in [0.15, 0.2) is 0 Å². The Hall–Kier alpha value is -0.810. The Labute approximate surface area is 128 Å². The lowest BCUT2D eigenvalue weighted by Gasteiger charge is -2.36. The minimum atomic E-state index is -0.447. The molecule has 122 valence electrons. The third-order valence-corrected chi connectivity index (χ3v) is 4.14. The molecule has 1 aliphatic carbocycles. The smallest absolute Gasteiger partial charge is 0.410 e. The number of amides is 1. The first kappa shape index (κ1) is 16.6. The van der Waals surface area contributed by atoms with Crippen molar-refractivity contribution in [1.29, 1.82) is 0 Å². The summed E-state index contributed by atoms with van der Waals surface area (Å²) in [5, 5.41) is 3.52. The Morgan fingerprint density at radius 2 is 2.00 bits per heavy atom. The number of carbonyl (C=O) groups is 1. The van der Waals surface area contributed by atoms with Crippen molar-refractivity contribution in [2.24, 2.45) is 5.92 Å². The molecule has 0 radical (unpaired) electrons. The van der Waals surface area contributed by atoms with E-state index in [9.17, 15) is 4.79 Å². The molecule has 0 spiro atoms. The maximum Gasteiger partial charge on any atom is 0.410 e. The highest BCUT2D eigenvalue weighted by Crippen LogP contribution is 2.23. The highest BCUT2D eigenvalue weighted by atomic mass is 16.6. The number of hydrogen-bond acceptors (Lipinski definition) is 4. The second kappa shape index (κ2) is 7.45. The predicted octanol–water partition coefficient (Wildman–Crippen LogP) is 2.40. The van der Waals surface area contributed by atoms with Crippen LogP contribution in [0.2, 0.25) is 0 Å². The number of nitrogens with zero attached hydrogens (tertiary/aromatic N) is 1. The number of rotatable bonds is 4. The predicted molar refractivity (Wildman–Crippen MR) is 82.4 cm³/mol. The molecule has 1 amide bonds. The standard InChI is InChI=1S/C16H30N2O3/c1-16(2,3)21-15(19)18-8-9-20-12-14(18)11-17-10-13-6-4-5-7-13/h13-14,17H,4-12H2,1-3H3. The van der Waals surface area contributed by atoms with Crippen molar-refractivity contribution < 1.29 is 14.3 Å². The van der Waals surface area contributed by atoms with Crippen molar-refractivity contribution in [3.05, 3.63) is 0 Å². The lowest BCUT2D eigenvalue weighted by molar-refractivity contribution is -0.0318. The summed E-state index contributed by atoms with van der Waals surface area (Å²) in [7, 11) is 0. The van der Waals surface area contributed by atoms with E-state index >= 15 is 0 Å². The normalized spacial score (nSPS) is 24.3. The summed E-state index contributed by atoms with van der Waals surface area (Å²) in [5.74, 6) is 0.810. The molecule has 2 fully saturated rings. The van der Waals surface area contributed by atoms with Gasteiger partial charge in [0.1, 0.15) is 5.60 Å². The molecule has 1 heterocycles. The lowest BCUT2D eigenvalue weighted by atomic mass is 10.1. The minimum Gasteiger partial charge on any atom is -0.444 e. The van der Waals surface area contributed by atoms with Crippen molar-refractivity contribution in [3.8, 4) is 0 Å². The van der Waals surface area contributed by atoms with Gasteiger partial charge in [0.25, 0.3) is 0 Å². The summed E-state index contributed by atoms with van der Waals surface area (Å²) >= 11 is 0. The van der Waals surface area contributed by atoms with Crippen LogP contribution in [-0.4, -0.2) is 55.5 Å². The van der Waals surface area contributed by atoms with Gasteiger partial charge in [0.2, 0.25) is 0 Å². The molecule has 1 N–H and O–H groups in total. The third-order valence-electron chi connectivity index (χ3n) is 4.14. The van der Waals surface area contributed by atoms with Gasteiger partial charge < -0.3 is 14.8 Å². The zero-order chi connectivity index (χ0) is 15.3. The summed E-state index contributed by atoms with van der Waals surface area (Å²) < 4.78 is 11.0. The van der Waals surface area contributed by atoms with Crippen molar-refractivity contribution in [2.45, 2.75) is 58.1 Å². The van der Waals surface area contributed by atoms with E-state index in [2.05, 4.69) is 5.32 Å². The van der Waals surface area contributed by atoms with Gasteiger partial charge >= 0.3 is 6.09 Å². The highest BCUT2D eigenvalue weighted by molar-refractivity contribution is 5.68. The maximum absolute atomic E-state index is 12.3. The van der Waals surface area contributed by atoms with Crippen LogP contribution in [0, 0.1) is 5.92 Å². The summed E-state index contributed by atoms with van der Waals surface area (Å²) in [6.45, 7) is 9.35. The van der Waals surface area contributed by atoms with Crippen LogP contribution in [0.25, 0.3) is 0 Å². The van der Waals surface area contributed by atoms with E-state index in [0.717, 1.165) is 19.0 Å². The summed E-state index contributed by atoms with van der Waals surface area (Å²) in [5.41, 5.74) is -0.447. The Morgan fingerprint density at radius 3 is 2.67 bits per heavy atom. The van der Waals surface area contributed by atoms with Crippen LogP contribution in [0.5, 0.6) is 0 Å². The first-order valence-electron chi connectivity index (χ1n) is 8.24. The van der Waals surface area contributed by atoms with Crippen LogP contribution in [0.1, 0.15) is 46.5 Å². The van der Waals surface area contributed by atoms with E-state index in [4.69, 9.17) is 9.47 Å². The van der Waals surface area contributed by atoms with E-state index in [1.807, 2.05) is 25.7 Å². The summed E-state index contributed by atoms with van der Waals surface area (Å²) in [4.78, 5) is 14.1. The molecule has 1 saturated heterocycles. The second-order valence-corrected chi connectivity index (χ2v) is 7.21. The lowest BCUT2D eigenvalue weighted by Crippen LogP contribution is -2.54. The van der Waals surface area contributed by atoms with E-state index in [-0.39, 0.29) is 12.1 Å². The quantitative estimate of drug-likeness (QED) is 0.866. The molecule has 1 unspecified atom stereocenters. The van der Waals surface area contributed by atoms with Crippen LogP contribution in [0.15, 0.2) is 0 Å². The number of nitrogens with one attached hydrogen (secondary N) is 1. The first-order chi connectivity index (χ1) is 9.96. The number of carbonyl (C=O) groups excluding carboxylic acids is 1. The monoisotopic (exact) mass is 298 g/mol. The molecular weight excluding hydrogens is 268 g/mol. The molecule has 0 aromatic rings. The zero-order valence-corrected chi connectivity index (χ0v) is 13.7. The molecule has 0 aromatic carbocycles. The van der Waals surface area contributed by atoms with Gasteiger partial charge in [-0.2, -0.15) is 0 Å². The zero-order valence-electron chi connectivity index (χ0n) is 13.7. The van der Waals surface area contributed by atoms with Crippen LogP contribution in [-0.2, 0) is 9.47 Å². The number of ether oxygens (including phenoxy) is 2. The topological polar surface area (TPSA) is 50.8 Å². The highest BCUT2D eigenvalue weighted by Gasteiger charge is 2.30. The fourth-order valence-electron chi connectivity index (χ4n) is 3.05. The van der Waals surface area contributed by atoms with Gasteiger partial charge in [0.05, 0.1) is 19.3 Å². The SMILES string of the molecule is CC(C)(C)OC(=O)N1CCOCC1CNCC1CCCC1. The van der Waals surface area contributed by atoms with Gasteiger partial charge in [-0.1, -0.05) is 12.8 Å². The van der Waals surface area contributed by atoms with Crippen LogP contribution >= 0.6 is 0 Å². The van der Waals surface area contributed by atoms with Gasteiger partial charge in [-0.05, 0) is 46.1 Å². The largest absolute Gasteiger partial charge is 0.444 e. The van der Waals surface area contributed by atoms with E-state index in [1.54, 1.807) is 0 Å². The van der Waals surface area contributed by atoms with Crippen molar-refractivity contribution in [3.63, 3.8) is 0 Å². The maximum atomic E-state index is 12.3. The molecule has 2 aliphatic rings. The first-order valence-corrected chi connectivity index (χ1v) is 8.24. The summed E-state index contributed by atoms with van der Waals surface area (Å²) in [6, 6.07) is 0.0787. The molecule has 5 nitrogen and oxygen atoms in total. The average Bonchev–Trinajstić information content (AvgIpc) is 2.90. The molecule has 0 aromatic heterocycles. The van der Waals surface area contributed by atoms with Gasteiger partial charge in [-0.25, -0.2) is 4.79 Å². The van der Waals surface area contributed by atoms with E-state index in [0.29, 0.717) is 19.8 Å².